The molecular formula is C33H43N7O2. The van der Waals surface area contributed by atoms with Crippen LogP contribution in [-0.4, -0.2) is 90.2 Å². The molecule has 1 amide bonds. The molecule has 0 radical (unpaired) electrons. The molecule has 0 saturated carbocycles. The Morgan fingerprint density at radius 2 is 1.98 bits per heavy atom. The summed E-state index contributed by atoms with van der Waals surface area (Å²) in [5.41, 5.74) is 5.09. The summed E-state index contributed by atoms with van der Waals surface area (Å²) in [4.78, 5) is 31.9. The Balaban J connectivity index is 1.29. The number of likely N-dealkylation sites (tertiary alicyclic amines) is 1. The first-order valence-corrected chi connectivity index (χ1v) is 15.7. The highest BCUT2D eigenvalue weighted by Crippen LogP contribution is 2.37. The molecule has 42 heavy (non-hydrogen) atoms. The molecule has 0 unspecified atom stereocenters. The van der Waals surface area contributed by atoms with Gasteiger partial charge in [0.05, 0.1) is 24.2 Å². The lowest BCUT2D eigenvalue weighted by Crippen LogP contribution is -2.55. The first-order chi connectivity index (χ1) is 20.6. The molecule has 4 aliphatic rings. The van der Waals surface area contributed by atoms with Crippen LogP contribution >= 0.6 is 0 Å². The number of carbonyl (C=O) groups excluding carboxylic acids is 1. The van der Waals surface area contributed by atoms with Crippen LogP contribution in [0.25, 0.3) is 0 Å². The number of rotatable bonds is 7. The average Bonchev–Trinajstić information content (AvgIpc) is 3.43. The molecule has 2 saturated heterocycles. The van der Waals surface area contributed by atoms with Crippen molar-refractivity contribution in [2.75, 3.05) is 56.2 Å². The molecule has 2 fully saturated rings. The summed E-state index contributed by atoms with van der Waals surface area (Å²) in [5, 5.41) is 9.58. The predicted molar refractivity (Wildman–Crippen MR) is 164 cm³/mol. The Labute approximate surface area is 249 Å². The fourth-order valence-electron chi connectivity index (χ4n) is 7.31. The number of likely N-dealkylation sites (N-methyl/N-ethyl adjacent to an activating group) is 1. The van der Waals surface area contributed by atoms with Gasteiger partial charge in [0.25, 0.3) is 0 Å². The third-order valence-electron chi connectivity index (χ3n) is 9.57. The Bertz CT molecular complexity index is 1350. The van der Waals surface area contributed by atoms with Crippen molar-refractivity contribution >= 4 is 17.4 Å². The minimum Gasteiger partial charge on any atom is -0.462 e. The molecule has 1 aromatic heterocycles. The van der Waals surface area contributed by atoms with Gasteiger partial charge in [-0.25, -0.2) is 0 Å². The van der Waals surface area contributed by atoms with Crippen LogP contribution in [-0.2, 0) is 24.1 Å². The highest BCUT2D eigenvalue weighted by Gasteiger charge is 2.35. The molecule has 9 heteroatoms. The molecule has 1 aromatic carbocycles. The van der Waals surface area contributed by atoms with Gasteiger partial charge >= 0.3 is 6.01 Å². The van der Waals surface area contributed by atoms with E-state index in [1.54, 1.807) is 12.2 Å². The maximum Gasteiger partial charge on any atom is 0.318 e. The van der Waals surface area contributed by atoms with Crippen LogP contribution in [0.3, 0.4) is 0 Å². The standard InChI is InChI=1S/C33H43N7O2/c1-3-8-31(41)40-20-19-38(22-26(40)15-16-34)32-28-14-13-25(39-18-6-10-24-9-4-5-12-30(24)39)21-29(28)35-33(36-32)42-23-27-11-7-17-37(27)2/h3-5,8-9,12,25-27H,6-7,10-11,13-15,17-23H2,1-2H3/b8-3+/t25-,26+,27+/m1/s1. The number of nitriles is 1. The van der Waals surface area contributed by atoms with Crippen molar-refractivity contribution in [2.24, 2.45) is 0 Å². The van der Waals surface area contributed by atoms with Gasteiger partial charge in [0.2, 0.25) is 5.91 Å². The number of carbonyl (C=O) groups is 1. The van der Waals surface area contributed by atoms with E-state index in [0.29, 0.717) is 50.8 Å². The fraction of sp³-hybridized carbons (Fsp3) is 0.576. The zero-order valence-corrected chi connectivity index (χ0v) is 25.0. The maximum atomic E-state index is 12.8. The maximum absolute atomic E-state index is 12.8. The van der Waals surface area contributed by atoms with Crippen molar-refractivity contribution in [3.05, 3.63) is 53.2 Å². The van der Waals surface area contributed by atoms with Crippen LogP contribution in [0.1, 0.15) is 55.8 Å². The zero-order valence-electron chi connectivity index (χ0n) is 25.0. The van der Waals surface area contributed by atoms with Gasteiger partial charge in [-0.1, -0.05) is 24.3 Å². The third-order valence-corrected chi connectivity index (χ3v) is 9.57. The third kappa shape index (κ3) is 5.82. The minimum atomic E-state index is -0.184. The van der Waals surface area contributed by atoms with Crippen LogP contribution in [0.15, 0.2) is 36.4 Å². The molecule has 2 aromatic rings. The smallest absolute Gasteiger partial charge is 0.318 e. The summed E-state index contributed by atoms with van der Waals surface area (Å²) in [6.45, 7) is 6.41. The summed E-state index contributed by atoms with van der Waals surface area (Å²) < 4.78 is 6.33. The van der Waals surface area contributed by atoms with Gasteiger partial charge in [-0.2, -0.15) is 15.2 Å². The van der Waals surface area contributed by atoms with E-state index < -0.39 is 0 Å². The van der Waals surface area contributed by atoms with E-state index in [9.17, 15) is 10.1 Å². The molecule has 0 spiro atoms. The predicted octanol–water partition coefficient (Wildman–Crippen LogP) is 3.77. The topological polar surface area (TPSA) is 88.8 Å². The number of aryl methyl sites for hydroxylation is 1. The molecule has 0 N–H and O–H groups in total. The number of amides is 1. The van der Waals surface area contributed by atoms with Crippen molar-refractivity contribution in [1.82, 2.24) is 19.8 Å². The van der Waals surface area contributed by atoms with E-state index in [0.717, 1.165) is 56.7 Å². The summed E-state index contributed by atoms with van der Waals surface area (Å²) in [6, 6.07) is 12.2. The first-order valence-electron chi connectivity index (χ1n) is 15.7. The van der Waals surface area contributed by atoms with Crippen molar-refractivity contribution in [3.8, 4) is 12.1 Å². The van der Waals surface area contributed by atoms with E-state index >= 15 is 0 Å². The number of hydrogen-bond donors (Lipinski definition) is 0. The highest BCUT2D eigenvalue weighted by atomic mass is 16.5. The summed E-state index contributed by atoms with van der Waals surface area (Å²) in [6.07, 6.45) is 11.1. The number of ether oxygens (including phenoxy) is 1. The second kappa shape index (κ2) is 12.7. The van der Waals surface area contributed by atoms with Gasteiger partial charge < -0.3 is 24.3 Å². The Morgan fingerprint density at radius 3 is 2.79 bits per heavy atom. The number of nitrogens with zero attached hydrogens (tertiary/aromatic N) is 7. The summed E-state index contributed by atoms with van der Waals surface area (Å²) >= 11 is 0. The van der Waals surface area contributed by atoms with Crippen LogP contribution in [0.4, 0.5) is 11.5 Å². The van der Waals surface area contributed by atoms with Crippen molar-refractivity contribution < 1.29 is 9.53 Å². The number of benzene rings is 1. The lowest BCUT2D eigenvalue weighted by atomic mass is 9.88. The van der Waals surface area contributed by atoms with Crippen molar-refractivity contribution in [2.45, 2.75) is 76.4 Å². The lowest BCUT2D eigenvalue weighted by molar-refractivity contribution is -0.128. The molecule has 6 rings (SSSR count). The minimum absolute atomic E-state index is 0.0310. The van der Waals surface area contributed by atoms with Gasteiger partial charge in [0, 0.05) is 55.9 Å². The number of aromatic nitrogens is 2. The number of anilines is 2. The van der Waals surface area contributed by atoms with E-state index in [2.05, 4.69) is 52.1 Å². The van der Waals surface area contributed by atoms with Crippen LogP contribution in [0.5, 0.6) is 6.01 Å². The molecular weight excluding hydrogens is 526 g/mol. The summed E-state index contributed by atoms with van der Waals surface area (Å²) in [5.74, 6) is 0.893. The number of hydrogen-bond acceptors (Lipinski definition) is 8. The van der Waals surface area contributed by atoms with Crippen molar-refractivity contribution in [3.63, 3.8) is 0 Å². The molecule has 3 aliphatic heterocycles. The number of allylic oxidation sites excluding steroid dienone is 1. The number of para-hydroxylation sites is 1. The number of fused-ring (bicyclic) bond motifs is 2. The molecule has 222 valence electrons. The van der Waals surface area contributed by atoms with E-state index in [1.807, 2.05) is 11.8 Å². The van der Waals surface area contributed by atoms with Crippen LogP contribution in [0, 0.1) is 11.3 Å². The van der Waals surface area contributed by atoms with Gasteiger partial charge in [-0.15, -0.1) is 0 Å². The zero-order chi connectivity index (χ0) is 29.1. The second-order valence-corrected chi connectivity index (χ2v) is 12.2. The molecule has 4 heterocycles. The second-order valence-electron chi connectivity index (χ2n) is 12.2. The average molecular weight is 570 g/mol. The SMILES string of the molecule is C/C=C/C(=O)N1CCN(c2nc(OC[C@@H]3CCCN3C)nc3c2CC[C@@H](N2CCCc4ccccc42)C3)C[C@@H]1CC#N. The fourth-order valence-corrected chi connectivity index (χ4v) is 7.31. The van der Waals surface area contributed by atoms with Gasteiger partial charge in [-0.3, -0.25) is 4.79 Å². The quantitative estimate of drug-likeness (QED) is 0.466. The Hall–Kier alpha value is -3.64. The van der Waals surface area contributed by atoms with Crippen LogP contribution < -0.4 is 14.5 Å². The number of piperazine rings is 1. The van der Waals surface area contributed by atoms with Gasteiger partial charge in [0.15, 0.2) is 0 Å². The van der Waals surface area contributed by atoms with Crippen molar-refractivity contribution in [1.29, 1.82) is 5.26 Å². The Morgan fingerprint density at radius 1 is 1.10 bits per heavy atom. The first kappa shape index (κ1) is 28.5. The Kier molecular flexibility index (Phi) is 8.61. The highest BCUT2D eigenvalue weighted by molar-refractivity contribution is 5.88. The molecule has 9 nitrogen and oxygen atoms in total. The van der Waals surface area contributed by atoms with E-state index in [4.69, 9.17) is 14.7 Å². The van der Waals surface area contributed by atoms with E-state index in [1.165, 1.54) is 29.7 Å². The molecule has 3 atom stereocenters. The van der Waals surface area contributed by atoms with Crippen LogP contribution in [0.2, 0.25) is 0 Å². The molecule has 0 bridgehead atoms. The normalized spacial score (nSPS) is 24.4. The van der Waals surface area contributed by atoms with Gasteiger partial charge in [0.1, 0.15) is 12.4 Å². The van der Waals surface area contributed by atoms with E-state index in [-0.39, 0.29) is 11.9 Å². The van der Waals surface area contributed by atoms with Gasteiger partial charge in [-0.05, 0) is 76.7 Å². The molecule has 1 aliphatic carbocycles. The largest absolute Gasteiger partial charge is 0.462 e. The lowest BCUT2D eigenvalue weighted by Gasteiger charge is -2.43. The summed E-state index contributed by atoms with van der Waals surface area (Å²) in [7, 11) is 2.16. The monoisotopic (exact) mass is 569 g/mol.